The molecule has 7 heteroatoms. The van der Waals surface area contributed by atoms with Crippen molar-refractivity contribution in [2.24, 2.45) is 0 Å². The lowest BCUT2D eigenvalue weighted by atomic mass is 10.0. The predicted molar refractivity (Wildman–Crippen MR) is 126 cm³/mol. The summed E-state index contributed by atoms with van der Waals surface area (Å²) in [4.78, 5) is 25.2. The lowest BCUT2D eigenvalue weighted by Gasteiger charge is -2.32. The first-order valence-corrected chi connectivity index (χ1v) is 10.9. The maximum Gasteiger partial charge on any atom is 0.255 e. The Balaban J connectivity index is 1.44. The molecule has 4 rings (SSSR count). The third-order valence-corrected chi connectivity index (χ3v) is 5.70. The first-order valence-electron chi connectivity index (χ1n) is 10.9. The van der Waals surface area contributed by atoms with Crippen LogP contribution in [0.25, 0.3) is 0 Å². The highest BCUT2D eigenvalue weighted by Gasteiger charge is 2.16. The van der Waals surface area contributed by atoms with E-state index in [1.807, 2.05) is 13.0 Å². The minimum absolute atomic E-state index is 0.313. The SMILES string of the molecule is Cc1ccc(C(=O)Nc2ccc(CN3CCN(C)CC3)c(F)c2)cc1C#Cc1cncnc1. The lowest BCUT2D eigenvalue weighted by Crippen LogP contribution is -2.44. The fourth-order valence-electron chi connectivity index (χ4n) is 3.60. The van der Waals surface area contributed by atoms with E-state index in [0.29, 0.717) is 28.9 Å². The van der Waals surface area contributed by atoms with Crippen LogP contribution in [-0.2, 0) is 6.54 Å². The zero-order chi connectivity index (χ0) is 23.2. The van der Waals surface area contributed by atoms with Crippen LogP contribution in [0.3, 0.4) is 0 Å². The van der Waals surface area contributed by atoms with Crippen LogP contribution in [0.4, 0.5) is 10.1 Å². The van der Waals surface area contributed by atoms with Gasteiger partial charge in [-0.2, -0.15) is 0 Å². The van der Waals surface area contributed by atoms with E-state index in [-0.39, 0.29) is 11.7 Å². The average molecular weight is 444 g/mol. The molecule has 0 radical (unpaired) electrons. The summed E-state index contributed by atoms with van der Waals surface area (Å²) in [5, 5.41) is 2.79. The van der Waals surface area contributed by atoms with Crippen LogP contribution in [0.2, 0.25) is 0 Å². The van der Waals surface area contributed by atoms with E-state index in [0.717, 1.165) is 37.3 Å². The molecule has 0 aliphatic carbocycles. The number of halogens is 1. The van der Waals surface area contributed by atoms with Crippen LogP contribution < -0.4 is 5.32 Å². The van der Waals surface area contributed by atoms with Gasteiger partial charge >= 0.3 is 0 Å². The monoisotopic (exact) mass is 443 g/mol. The summed E-state index contributed by atoms with van der Waals surface area (Å²) in [6.07, 6.45) is 4.71. The smallest absolute Gasteiger partial charge is 0.255 e. The van der Waals surface area contributed by atoms with Gasteiger partial charge < -0.3 is 10.2 Å². The summed E-state index contributed by atoms with van der Waals surface area (Å²) in [6.45, 7) is 6.31. The topological polar surface area (TPSA) is 61.4 Å². The van der Waals surface area contributed by atoms with Gasteiger partial charge in [-0.25, -0.2) is 14.4 Å². The lowest BCUT2D eigenvalue weighted by molar-refractivity contribution is 0.102. The van der Waals surface area contributed by atoms with Crippen LogP contribution in [0.5, 0.6) is 0 Å². The van der Waals surface area contributed by atoms with Crippen LogP contribution in [-0.4, -0.2) is 58.9 Å². The van der Waals surface area contributed by atoms with E-state index in [9.17, 15) is 9.18 Å². The van der Waals surface area contributed by atoms with Gasteiger partial charge in [0.15, 0.2) is 0 Å². The van der Waals surface area contributed by atoms with Gasteiger partial charge in [-0.1, -0.05) is 24.0 Å². The molecule has 1 amide bonds. The van der Waals surface area contributed by atoms with Gasteiger partial charge in [0.1, 0.15) is 12.1 Å². The van der Waals surface area contributed by atoms with Crippen molar-refractivity contribution in [3.63, 3.8) is 0 Å². The van der Waals surface area contributed by atoms with Gasteiger partial charge in [-0.3, -0.25) is 9.69 Å². The van der Waals surface area contributed by atoms with Gasteiger partial charge in [-0.15, -0.1) is 0 Å². The minimum atomic E-state index is -0.313. The summed E-state index contributed by atoms with van der Waals surface area (Å²) in [5.41, 5.74) is 3.90. The van der Waals surface area contributed by atoms with Gasteiger partial charge in [0.2, 0.25) is 0 Å². The van der Waals surface area contributed by atoms with E-state index in [1.165, 1.54) is 12.4 Å². The fraction of sp³-hybridized carbons (Fsp3) is 0.269. The highest BCUT2D eigenvalue weighted by atomic mass is 19.1. The van der Waals surface area contributed by atoms with E-state index in [2.05, 4.69) is 44.0 Å². The van der Waals surface area contributed by atoms with Crippen LogP contribution in [0, 0.1) is 24.6 Å². The molecule has 33 heavy (non-hydrogen) atoms. The predicted octanol–water partition coefficient (Wildman–Crippen LogP) is 3.32. The summed E-state index contributed by atoms with van der Waals surface area (Å²) >= 11 is 0. The number of carbonyl (C=O) groups excluding carboxylic acids is 1. The van der Waals surface area contributed by atoms with Gasteiger partial charge in [0.05, 0.1) is 5.56 Å². The van der Waals surface area contributed by atoms with Crippen LogP contribution >= 0.6 is 0 Å². The number of aryl methyl sites for hydroxylation is 1. The first kappa shape index (κ1) is 22.6. The Kier molecular flexibility index (Phi) is 7.08. The quantitative estimate of drug-likeness (QED) is 0.627. The van der Waals surface area contributed by atoms with Crippen molar-refractivity contribution < 1.29 is 9.18 Å². The second-order valence-corrected chi connectivity index (χ2v) is 8.25. The molecule has 3 aromatic rings. The van der Waals surface area contributed by atoms with E-state index < -0.39 is 0 Å². The van der Waals surface area contributed by atoms with E-state index >= 15 is 0 Å². The molecule has 6 nitrogen and oxygen atoms in total. The van der Waals surface area contributed by atoms with Crippen molar-refractivity contribution in [1.82, 2.24) is 19.8 Å². The summed E-state index contributed by atoms with van der Waals surface area (Å²) in [6, 6.07) is 10.2. The van der Waals surface area contributed by atoms with Gasteiger partial charge in [0, 0.05) is 67.5 Å². The number of carbonyl (C=O) groups is 1. The van der Waals surface area contributed by atoms with Crippen molar-refractivity contribution >= 4 is 11.6 Å². The number of amides is 1. The Bertz CT molecular complexity index is 1190. The molecule has 168 valence electrons. The molecular weight excluding hydrogens is 417 g/mol. The number of aromatic nitrogens is 2. The standard InChI is InChI=1S/C26H26FN5O/c1-19-3-5-22(13-21(19)6-4-20-15-28-18-29-16-20)26(33)30-24-8-7-23(25(27)14-24)17-32-11-9-31(2)10-12-32/h3,5,7-8,13-16,18H,9-12,17H2,1-2H3,(H,30,33). The van der Waals surface area contributed by atoms with Crippen molar-refractivity contribution in [3.8, 4) is 11.8 Å². The molecule has 0 saturated carbocycles. The van der Waals surface area contributed by atoms with Crippen molar-refractivity contribution in [2.45, 2.75) is 13.5 Å². The van der Waals surface area contributed by atoms with Gasteiger partial charge in [-0.05, 0) is 43.8 Å². The van der Waals surface area contributed by atoms with Crippen LogP contribution in [0.15, 0.2) is 55.1 Å². The van der Waals surface area contributed by atoms with Crippen molar-refractivity contribution in [3.05, 3.63) is 88.8 Å². The summed E-state index contributed by atoms with van der Waals surface area (Å²) < 4.78 is 14.7. The Morgan fingerprint density at radius 1 is 1.06 bits per heavy atom. The number of anilines is 1. The Hall–Kier alpha value is -3.60. The molecule has 1 saturated heterocycles. The first-order chi connectivity index (χ1) is 16.0. The van der Waals surface area contributed by atoms with E-state index in [1.54, 1.807) is 36.7 Å². The highest BCUT2D eigenvalue weighted by molar-refractivity contribution is 6.04. The zero-order valence-electron chi connectivity index (χ0n) is 18.8. The second-order valence-electron chi connectivity index (χ2n) is 8.25. The molecule has 2 aromatic carbocycles. The zero-order valence-corrected chi connectivity index (χ0v) is 18.8. The molecule has 1 fully saturated rings. The van der Waals surface area contributed by atoms with Crippen LogP contribution in [0.1, 0.15) is 32.6 Å². The largest absolute Gasteiger partial charge is 0.322 e. The molecule has 0 spiro atoms. The Morgan fingerprint density at radius 2 is 1.82 bits per heavy atom. The average Bonchev–Trinajstić information content (AvgIpc) is 2.82. The summed E-state index contributed by atoms with van der Waals surface area (Å²) in [5.74, 6) is 5.45. The molecule has 1 aliphatic heterocycles. The number of hydrogen-bond acceptors (Lipinski definition) is 5. The fourth-order valence-corrected chi connectivity index (χ4v) is 3.60. The molecule has 1 aliphatic rings. The number of nitrogens with zero attached hydrogens (tertiary/aromatic N) is 4. The molecule has 0 atom stereocenters. The minimum Gasteiger partial charge on any atom is -0.322 e. The van der Waals surface area contributed by atoms with Gasteiger partial charge in [0.25, 0.3) is 5.91 Å². The number of likely N-dealkylation sites (N-methyl/N-ethyl adjacent to an activating group) is 1. The third kappa shape index (κ3) is 6.01. The maximum absolute atomic E-state index is 14.7. The maximum atomic E-state index is 14.7. The number of hydrogen-bond donors (Lipinski definition) is 1. The summed E-state index contributed by atoms with van der Waals surface area (Å²) in [7, 11) is 2.09. The Labute approximate surface area is 193 Å². The van der Waals surface area contributed by atoms with E-state index in [4.69, 9.17) is 0 Å². The number of piperazine rings is 1. The molecule has 0 unspecified atom stereocenters. The molecule has 1 N–H and O–H groups in total. The van der Waals surface area contributed by atoms with Crippen molar-refractivity contribution in [2.75, 3.05) is 38.5 Å². The number of rotatable bonds is 4. The van der Waals surface area contributed by atoms with Crippen molar-refractivity contribution in [1.29, 1.82) is 0 Å². The molecular formula is C26H26FN5O. The Morgan fingerprint density at radius 3 is 2.55 bits per heavy atom. The molecule has 2 heterocycles. The molecule has 1 aromatic heterocycles. The molecule has 0 bridgehead atoms. The number of nitrogens with one attached hydrogen (secondary N) is 1. The number of benzene rings is 2. The highest BCUT2D eigenvalue weighted by Crippen LogP contribution is 2.19. The normalized spacial score (nSPS) is 14.4. The second kappa shape index (κ2) is 10.3. The third-order valence-electron chi connectivity index (χ3n) is 5.70.